The molecule has 0 saturated heterocycles. The Hall–Kier alpha value is -1.78. The molecule has 0 unspecified atom stereocenters. The molecular formula is C10H13NO4. The van der Waals surface area contributed by atoms with Crippen LogP contribution in [-0.2, 0) is 6.42 Å². The Morgan fingerprint density at radius 3 is 2.60 bits per heavy atom. The van der Waals surface area contributed by atoms with Crippen molar-refractivity contribution in [2.24, 2.45) is 0 Å². The summed E-state index contributed by atoms with van der Waals surface area (Å²) >= 11 is 0. The average molecular weight is 211 g/mol. The van der Waals surface area contributed by atoms with Gasteiger partial charge in [-0.15, -0.1) is 0 Å². The van der Waals surface area contributed by atoms with Crippen LogP contribution in [0.1, 0.15) is 5.56 Å². The number of hydrogen-bond donors (Lipinski definition) is 0. The summed E-state index contributed by atoms with van der Waals surface area (Å²) in [6.45, 7) is -0.108. The van der Waals surface area contributed by atoms with Crippen LogP contribution in [0.5, 0.6) is 11.5 Å². The van der Waals surface area contributed by atoms with Crippen molar-refractivity contribution in [3.63, 3.8) is 0 Å². The largest absolute Gasteiger partial charge is 0.493 e. The number of rotatable bonds is 5. The molecule has 82 valence electrons. The fraction of sp³-hybridized carbons (Fsp3) is 0.400. The molecule has 0 heterocycles. The van der Waals surface area contributed by atoms with Crippen LogP contribution in [0.3, 0.4) is 0 Å². The lowest BCUT2D eigenvalue weighted by Gasteiger charge is -2.10. The third kappa shape index (κ3) is 2.83. The van der Waals surface area contributed by atoms with E-state index < -0.39 is 0 Å². The molecule has 0 bridgehead atoms. The summed E-state index contributed by atoms with van der Waals surface area (Å²) in [5.74, 6) is 1.17. The van der Waals surface area contributed by atoms with Crippen LogP contribution in [0.2, 0.25) is 0 Å². The molecule has 0 aliphatic rings. The number of methoxy groups -OCH3 is 2. The first-order chi connectivity index (χ1) is 7.19. The third-order valence-electron chi connectivity index (χ3n) is 2.05. The van der Waals surface area contributed by atoms with Gasteiger partial charge in [0.05, 0.1) is 14.2 Å². The maximum absolute atomic E-state index is 10.3. The second kappa shape index (κ2) is 5.19. The Morgan fingerprint density at radius 2 is 2.07 bits per heavy atom. The number of nitro groups is 1. The van der Waals surface area contributed by atoms with E-state index in [-0.39, 0.29) is 11.5 Å². The van der Waals surface area contributed by atoms with Gasteiger partial charge in [-0.25, -0.2) is 0 Å². The van der Waals surface area contributed by atoms with E-state index in [0.717, 1.165) is 5.56 Å². The first kappa shape index (κ1) is 11.3. The Balaban J connectivity index is 2.90. The zero-order chi connectivity index (χ0) is 11.3. The topological polar surface area (TPSA) is 61.6 Å². The second-order valence-corrected chi connectivity index (χ2v) is 2.96. The van der Waals surface area contributed by atoms with E-state index in [4.69, 9.17) is 9.47 Å². The van der Waals surface area contributed by atoms with Gasteiger partial charge in [-0.05, 0) is 6.07 Å². The lowest BCUT2D eigenvalue weighted by Crippen LogP contribution is -2.05. The van der Waals surface area contributed by atoms with Crippen molar-refractivity contribution in [3.8, 4) is 11.5 Å². The molecule has 0 fully saturated rings. The van der Waals surface area contributed by atoms with Crippen LogP contribution in [0, 0.1) is 10.1 Å². The number of para-hydroxylation sites is 1. The van der Waals surface area contributed by atoms with Crippen LogP contribution >= 0.6 is 0 Å². The number of benzene rings is 1. The van der Waals surface area contributed by atoms with Crippen LogP contribution in [0.15, 0.2) is 18.2 Å². The quantitative estimate of drug-likeness (QED) is 0.547. The van der Waals surface area contributed by atoms with Gasteiger partial charge < -0.3 is 9.47 Å². The molecule has 5 heteroatoms. The predicted molar refractivity (Wildman–Crippen MR) is 55.1 cm³/mol. The Kier molecular flexibility index (Phi) is 3.91. The van der Waals surface area contributed by atoms with Crippen LogP contribution in [0.25, 0.3) is 0 Å². The minimum atomic E-state index is -0.348. The van der Waals surface area contributed by atoms with Gasteiger partial charge in [0.15, 0.2) is 11.5 Å². The highest BCUT2D eigenvalue weighted by Crippen LogP contribution is 2.30. The summed E-state index contributed by atoms with van der Waals surface area (Å²) in [4.78, 5) is 9.91. The molecule has 1 aromatic rings. The van der Waals surface area contributed by atoms with Crippen molar-refractivity contribution >= 4 is 0 Å². The molecule has 0 atom stereocenters. The predicted octanol–water partition coefficient (Wildman–Crippen LogP) is 1.52. The minimum Gasteiger partial charge on any atom is -0.493 e. The summed E-state index contributed by atoms with van der Waals surface area (Å²) < 4.78 is 10.2. The van der Waals surface area contributed by atoms with Crippen LogP contribution < -0.4 is 9.47 Å². The molecule has 0 spiro atoms. The summed E-state index contributed by atoms with van der Waals surface area (Å²) in [7, 11) is 3.06. The highest BCUT2D eigenvalue weighted by atomic mass is 16.6. The minimum absolute atomic E-state index is 0.108. The van der Waals surface area contributed by atoms with E-state index in [9.17, 15) is 10.1 Å². The van der Waals surface area contributed by atoms with Gasteiger partial charge in [0, 0.05) is 16.9 Å². The van der Waals surface area contributed by atoms with Gasteiger partial charge >= 0.3 is 0 Å². The molecule has 0 amide bonds. The molecule has 1 aromatic carbocycles. The molecule has 0 aliphatic carbocycles. The molecular weight excluding hydrogens is 198 g/mol. The van der Waals surface area contributed by atoms with E-state index in [1.54, 1.807) is 18.2 Å². The van der Waals surface area contributed by atoms with E-state index in [1.807, 2.05) is 0 Å². The average Bonchev–Trinajstić information content (AvgIpc) is 2.25. The monoisotopic (exact) mass is 211 g/mol. The third-order valence-corrected chi connectivity index (χ3v) is 2.05. The Labute approximate surface area is 87.8 Å². The SMILES string of the molecule is COc1cccc(CC[N+](=O)[O-])c1OC. The van der Waals surface area contributed by atoms with Crippen molar-refractivity contribution in [3.05, 3.63) is 33.9 Å². The van der Waals surface area contributed by atoms with E-state index in [1.165, 1.54) is 14.2 Å². The standard InChI is InChI=1S/C10H13NO4/c1-14-9-5-3-4-8(10(9)15-2)6-7-11(12)13/h3-5H,6-7H2,1-2H3. The van der Waals surface area contributed by atoms with Gasteiger partial charge in [0.1, 0.15) is 0 Å². The van der Waals surface area contributed by atoms with Crippen molar-refractivity contribution in [2.45, 2.75) is 6.42 Å². The lowest BCUT2D eigenvalue weighted by molar-refractivity contribution is -0.479. The first-order valence-electron chi connectivity index (χ1n) is 4.50. The maximum atomic E-state index is 10.3. The van der Waals surface area contributed by atoms with Crippen molar-refractivity contribution in [1.82, 2.24) is 0 Å². The number of hydrogen-bond acceptors (Lipinski definition) is 4. The van der Waals surface area contributed by atoms with E-state index >= 15 is 0 Å². The molecule has 5 nitrogen and oxygen atoms in total. The molecule has 0 radical (unpaired) electrons. The summed E-state index contributed by atoms with van der Waals surface area (Å²) in [5, 5.41) is 10.3. The molecule has 1 rings (SSSR count). The first-order valence-corrected chi connectivity index (χ1v) is 4.50. The molecule has 0 saturated carbocycles. The maximum Gasteiger partial charge on any atom is 0.208 e. The van der Waals surface area contributed by atoms with Gasteiger partial charge in [0.2, 0.25) is 6.54 Å². The summed E-state index contributed by atoms with van der Waals surface area (Å²) in [5.41, 5.74) is 0.786. The molecule has 0 aliphatic heterocycles. The van der Waals surface area contributed by atoms with E-state index in [0.29, 0.717) is 17.9 Å². The lowest BCUT2D eigenvalue weighted by atomic mass is 10.1. The van der Waals surface area contributed by atoms with Gasteiger partial charge in [-0.2, -0.15) is 0 Å². The van der Waals surface area contributed by atoms with Crippen molar-refractivity contribution in [1.29, 1.82) is 0 Å². The van der Waals surface area contributed by atoms with Crippen molar-refractivity contribution < 1.29 is 14.4 Å². The van der Waals surface area contributed by atoms with E-state index in [2.05, 4.69) is 0 Å². The number of ether oxygens (including phenoxy) is 2. The fourth-order valence-corrected chi connectivity index (χ4v) is 1.36. The van der Waals surface area contributed by atoms with Gasteiger partial charge in [-0.3, -0.25) is 10.1 Å². The highest BCUT2D eigenvalue weighted by Gasteiger charge is 2.10. The zero-order valence-corrected chi connectivity index (χ0v) is 8.73. The summed E-state index contributed by atoms with van der Waals surface area (Å²) in [6, 6.07) is 5.34. The Morgan fingerprint density at radius 1 is 1.33 bits per heavy atom. The molecule has 0 aromatic heterocycles. The second-order valence-electron chi connectivity index (χ2n) is 2.96. The highest BCUT2D eigenvalue weighted by molar-refractivity contribution is 5.46. The molecule has 15 heavy (non-hydrogen) atoms. The van der Waals surface area contributed by atoms with Gasteiger partial charge in [-0.1, -0.05) is 12.1 Å². The zero-order valence-electron chi connectivity index (χ0n) is 8.73. The van der Waals surface area contributed by atoms with Gasteiger partial charge in [0.25, 0.3) is 0 Å². The fourth-order valence-electron chi connectivity index (χ4n) is 1.36. The summed E-state index contributed by atoms with van der Waals surface area (Å²) in [6.07, 6.45) is 0.341. The Bertz CT molecular complexity index is 351. The van der Waals surface area contributed by atoms with Crippen LogP contribution in [0.4, 0.5) is 0 Å². The number of nitrogens with zero attached hydrogens (tertiary/aromatic N) is 1. The smallest absolute Gasteiger partial charge is 0.208 e. The normalized spacial score (nSPS) is 9.73. The van der Waals surface area contributed by atoms with Crippen molar-refractivity contribution in [2.75, 3.05) is 20.8 Å². The molecule has 0 N–H and O–H groups in total. The van der Waals surface area contributed by atoms with Crippen LogP contribution in [-0.4, -0.2) is 25.7 Å².